The Kier molecular flexibility index (Phi) is 6.52. The number of anilines is 1. The Balaban J connectivity index is 2.35. The van der Waals surface area contributed by atoms with E-state index in [9.17, 15) is 9.59 Å². The Morgan fingerprint density at radius 1 is 1.15 bits per heavy atom. The minimum Gasteiger partial charge on any atom is -0.465 e. The van der Waals surface area contributed by atoms with Crippen molar-refractivity contribution in [2.24, 2.45) is 0 Å². The molecule has 5 nitrogen and oxygen atoms in total. The van der Waals surface area contributed by atoms with Gasteiger partial charge in [0, 0.05) is 5.69 Å². The molecule has 138 valence electrons. The van der Waals surface area contributed by atoms with Gasteiger partial charge in [-0.2, -0.15) is 0 Å². The molecule has 0 saturated heterocycles. The molecule has 2 aromatic rings. The second-order valence-corrected chi connectivity index (χ2v) is 6.33. The lowest BCUT2D eigenvalue weighted by Gasteiger charge is -2.26. The first-order valence-electron chi connectivity index (χ1n) is 8.64. The first kappa shape index (κ1) is 19.7. The molecule has 1 unspecified atom stereocenters. The normalized spacial score (nSPS) is 11.9. The quantitative estimate of drug-likeness (QED) is 0.803. The number of methoxy groups -OCH3 is 1. The maximum atomic E-state index is 13.0. The molecule has 2 rings (SSSR count). The van der Waals surface area contributed by atoms with Gasteiger partial charge in [0.25, 0.3) is 0 Å². The van der Waals surface area contributed by atoms with Gasteiger partial charge in [-0.05, 0) is 56.3 Å². The summed E-state index contributed by atoms with van der Waals surface area (Å²) in [5.74, 6) is -0.549. The molecule has 26 heavy (non-hydrogen) atoms. The smallest absolute Gasteiger partial charge is 0.338 e. The minimum absolute atomic E-state index is 0.139. The average Bonchev–Trinajstić information content (AvgIpc) is 2.64. The van der Waals surface area contributed by atoms with Gasteiger partial charge >= 0.3 is 5.97 Å². The molecule has 1 N–H and O–H groups in total. The van der Waals surface area contributed by atoms with Crippen LogP contribution in [0.1, 0.15) is 40.0 Å². The van der Waals surface area contributed by atoms with E-state index in [0.717, 1.165) is 23.2 Å². The van der Waals surface area contributed by atoms with Crippen LogP contribution in [0.2, 0.25) is 0 Å². The molecule has 0 fully saturated rings. The molecule has 0 bridgehead atoms. The van der Waals surface area contributed by atoms with Crippen molar-refractivity contribution >= 4 is 17.6 Å². The second-order valence-electron chi connectivity index (χ2n) is 6.33. The fraction of sp³-hybridized carbons (Fsp3) is 0.333. The number of aryl methyl sites for hydroxylation is 1. The van der Waals surface area contributed by atoms with Crippen molar-refractivity contribution in [2.45, 2.75) is 26.8 Å². The van der Waals surface area contributed by atoms with Crippen molar-refractivity contribution in [1.29, 1.82) is 0 Å². The molecule has 1 amide bonds. The summed E-state index contributed by atoms with van der Waals surface area (Å²) in [5.41, 5.74) is 3.74. The predicted molar refractivity (Wildman–Crippen MR) is 103 cm³/mol. The zero-order valence-electron chi connectivity index (χ0n) is 16.0. The molecule has 0 heterocycles. The lowest BCUT2D eigenvalue weighted by Crippen LogP contribution is -2.34. The minimum atomic E-state index is -0.413. The Hall–Kier alpha value is -2.66. The van der Waals surface area contributed by atoms with Crippen molar-refractivity contribution in [3.63, 3.8) is 0 Å². The van der Waals surface area contributed by atoms with Gasteiger partial charge in [0.2, 0.25) is 5.91 Å². The predicted octanol–water partition coefficient (Wildman–Crippen LogP) is 3.72. The summed E-state index contributed by atoms with van der Waals surface area (Å²) in [4.78, 5) is 27.0. The number of carbonyl (C=O) groups excluding carboxylic acids is 2. The third kappa shape index (κ3) is 4.29. The van der Waals surface area contributed by atoms with E-state index < -0.39 is 12.0 Å². The summed E-state index contributed by atoms with van der Waals surface area (Å²) in [6.45, 7) is 6.51. The first-order chi connectivity index (χ1) is 12.4. The molecule has 0 aliphatic carbocycles. The molecular weight excluding hydrogens is 328 g/mol. The van der Waals surface area contributed by atoms with Gasteiger partial charge in [0.1, 0.15) is 6.04 Å². The zero-order valence-corrected chi connectivity index (χ0v) is 16.0. The molecule has 0 aromatic heterocycles. The van der Waals surface area contributed by atoms with Crippen LogP contribution in [-0.4, -0.2) is 37.5 Å². The number of likely N-dealkylation sites (N-methyl/N-ethyl adjacent to an activating group) is 1. The summed E-state index contributed by atoms with van der Waals surface area (Å²) < 4.78 is 4.84. The number of ether oxygens (including phenoxy) is 1. The van der Waals surface area contributed by atoms with Crippen LogP contribution in [0.15, 0.2) is 42.5 Å². The van der Waals surface area contributed by atoms with Crippen LogP contribution in [-0.2, 0) is 9.53 Å². The summed E-state index contributed by atoms with van der Waals surface area (Å²) in [6, 6.07) is 12.8. The highest BCUT2D eigenvalue weighted by Crippen LogP contribution is 2.24. The van der Waals surface area contributed by atoms with Crippen molar-refractivity contribution < 1.29 is 14.3 Å². The van der Waals surface area contributed by atoms with Crippen LogP contribution >= 0.6 is 0 Å². The third-order valence-electron chi connectivity index (χ3n) is 4.64. The molecule has 0 radical (unpaired) electrons. The van der Waals surface area contributed by atoms with E-state index >= 15 is 0 Å². The van der Waals surface area contributed by atoms with Crippen molar-refractivity contribution in [3.8, 4) is 0 Å². The van der Waals surface area contributed by atoms with Crippen LogP contribution < -0.4 is 5.32 Å². The average molecular weight is 354 g/mol. The van der Waals surface area contributed by atoms with Crippen LogP contribution in [0, 0.1) is 13.8 Å². The van der Waals surface area contributed by atoms with Gasteiger partial charge in [0.05, 0.1) is 12.7 Å². The van der Waals surface area contributed by atoms with E-state index in [0.29, 0.717) is 11.3 Å². The highest BCUT2D eigenvalue weighted by atomic mass is 16.5. The molecule has 1 atom stereocenters. The van der Waals surface area contributed by atoms with Crippen LogP contribution in [0.25, 0.3) is 0 Å². The summed E-state index contributed by atoms with van der Waals surface area (Å²) in [7, 11) is 3.27. The van der Waals surface area contributed by atoms with E-state index in [1.54, 1.807) is 6.07 Å². The number of nitrogens with one attached hydrogen (secondary N) is 1. The fourth-order valence-electron chi connectivity index (χ4n) is 2.89. The molecule has 0 aliphatic rings. The molecule has 2 aromatic carbocycles. The number of benzene rings is 2. The van der Waals surface area contributed by atoms with Gasteiger partial charge in [-0.15, -0.1) is 0 Å². The number of rotatable bonds is 6. The van der Waals surface area contributed by atoms with E-state index in [4.69, 9.17) is 4.74 Å². The number of carbonyl (C=O) groups is 2. The topological polar surface area (TPSA) is 58.6 Å². The number of nitrogens with zero attached hydrogens (tertiary/aromatic N) is 1. The Bertz CT molecular complexity index is 787. The van der Waals surface area contributed by atoms with Gasteiger partial charge in [-0.3, -0.25) is 9.69 Å². The largest absolute Gasteiger partial charge is 0.465 e. The fourth-order valence-corrected chi connectivity index (χ4v) is 2.89. The summed E-state index contributed by atoms with van der Waals surface area (Å²) >= 11 is 0. The van der Waals surface area contributed by atoms with Crippen LogP contribution in [0.4, 0.5) is 5.69 Å². The Labute approximate surface area is 155 Å². The van der Waals surface area contributed by atoms with Crippen molar-refractivity contribution in [2.75, 3.05) is 26.0 Å². The number of amides is 1. The number of hydrogen-bond acceptors (Lipinski definition) is 4. The Morgan fingerprint density at radius 2 is 1.81 bits per heavy atom. The third-order valence-corrected chi connectivity index (χ3v) is 4.64. The second kappa shape index (κ2) is 8.63. The highest BCUT2D eigenvalue weighted by molar-refractivity contribution is 5.98. The molecule has 0 spiro atoms. The van der Waals surface area contributed by atoms with Crippen LogP contribution in [0.5, 0.6) is 0 Å². The lowest BCUT2D eigenvalue weighted by molar-refractivity contribution is -0.121. The zero-order chi connectivity index (χ0) is 19.3. The van der Waals surface area contributed by atoms with E-state index in [-0.39, 0.29) is 5.91 Å². The summed E-state index contributed by atoms with van der Waals surface area (Å²) in [5, 5.41) is 2.95. The van der Waals surface area contributed by atoms with Gasteiger partial charge < -0.3 is 10.1 Å². The molecular formula is C21H26N2O3. The monoisotopic (exact) mass is 354 g/mol. The number of esters is 1. The van der Waals surface area contributed by atoms with E-state index in [2.05, 4.69) is 5.32 Å². The SMILES string of the molecule is CCN(C)C(C(=O)Nc1cc(C)c(C)c(C(=O)OC)c1)c1ccccc1. The molecule has 5 heteroatoms. The highest BCUT2D eigenvalue weighted by Gasteiger charge is 2.25. The maximum absolute atomic E-state index is 13.0. The standard InChI is InChI=1S/C21H26N2O3/c1-6-23(4)19(16-10-8-7-9-11-16)20(24)22-17-12-14(2)15(3)18(13-17)21(25)26-5/h7-13,19H,6H2,1-5H3,(H,22,24). The first-order valence-corrected chi connectivity index (χ1v) is 8.64. The van der Waals surface area contributed by atoms with E-state index in [1.807, 2.05) is 69.1 Å². The molecule has 0 saturated carbocycles. The summed E-state index contributed by atoms with van der Waals surface area (Å²) in [6.07, 6.45) is 0. The van der Waals surface area contributed by atoms with Crippen molar-refractivity contribution in [1.82, 2.24) is 4.90 Å². The van der Waals surface area contributed by atoms with Crippen molar-refractivity contribution in [3.05, 3.63) is 64.7 Å². The van der Waals surface area contributed by atoms with Gasteiger partial charge in [-0.1, -0.05) is 37.3 Å². The lowest BCUT2D eigenvalue weighted by atomic mass is 10.0. The van der Waals surface area contributed by atoms with E-state index in [1.165, 1.54) is 7.11 Å². The van der Waals surface area contributed by atoms with Gasteiger partial charge in [0.15, 0.2) is 0 Å². The molecule has 0 aliphatic heterocycles. The maximum Gasteiger partial charge on any atom is 0.338 e. The van der Waals surface area contributed by atoms with Gasteiger partial charge in [-0.25, -0.2) is 4.79 Å². The number of hydrogen-bond donors (Lipinski definition) is 1. The van der Waals surface area contributed by atoms with Crippen LogP contribution in [0.3, 0.4) is 0 Å². The Morgan fingerprint density at radius 3 is 2.38 bits per heavy atom.